The first kappa shape index (κ1) is 12.0. The summed E-state index contributed by atoms with van der Waals surface area (Å²) in [6, 6.07) is 5.09. The van der Waals surface area contributed by atoms with E-state index in [4.69, 9.17) is 4.74 Å². The van der Waals surface area contributed by atoms with Gasteiger partial charge in [-0.3, -0.25) is 0 Å². The molecule has 0 saturated heterocycles. The monoisotopic (exact) mass is 210 g/mol. The van der Waals surface area contributed by atoms with Gasteiger partial charge in [0.25, 0.3) is 0 Å². The van der Waals surface area contributed by atoms with Crippen molar-refractivity contribution in [3.8, 4) is 5.75 Å². The van der Waals surface area contributed by atoms with Crippen LogP contribution >= 0.6 is 0 Å². The fraction of sp³-hybridized carbons (Fsp3) is 0.538. The Morgan fingerprint density at radius 1 is 1.33 bits per heavy atom. The van der Waals surface area contributed by atoms with Crippen LogP contribution in [-0.4, -0.2) is 7.11 Å². The summed E-state index contributed by atoms with van der Waals surface area (Å²) in [6.07, 6.45) is 2.04. The summed E-state index contributed by atoms with van der Waals surface area (Å²) in [7, 11) is 1.55. The second kappa shape index (κ2) is 4.65. The highest BCUT2D eigenvalue weighted by molar-refractivity contribution is 5.33. The molecule has 0 aromatic heterocycles. The Hall–Kier alpha value is -1.05. The topological polar surface area (TPSA) is 9.23 Å². The van der Waals surface area contributed by atoms with Crippen LogP contribution in [0.5, 0.6) is 5.75 Å². The fourth-order valence-corrected chi connectivity index (χ4v) is 1.93. The summed E-state index contributed by atoms with van der Waals surface area (Å²) in [4.78, 5) is 0. The SMILES string of the molecule is CCCC(C)(C)c1ccc(OC)cc1F. The van der Waals surface area contributed by atoms with Crippen molar-refractivity contribution >= 4 is 0 Å². The average Bonchev–Trinajstić information content (AvgIpc) is 2.17. The summed E-state index contributed by atoms with van der Waals surface area (Å²) < 4.78 is 18.8. The van der Waals surface area contributed by atoms with Crippen molar-refractivity contribution in [3.05, 3.63) is 29.6 Å². The molecule has 1 aromatic carbocycles. The highest BCUT2D eigenvalue weighted by Gasteiger charge is 2.23. The molecule has 0 amide bonds. The van der Waals surface area contributed by atoms with Crippen LogP contribution in [0.3, 0.4) is 0 Å². The van der Waals surface area contributed by atoms with Crippen LogP contribution in [0.15, 0.2) is 18.2 Å². The molecule has 0 saturated carbocycles. The Morgan fingerprint density at radius 3 is 2.47 bits per heavy atom. The second-order valence-electron chi connectivity index (χ2n) is 4.48. The predicted octanol–water partition coefficient (Wildman–Crippen LogP) is 3.91. The van der Waals surface area contributed by atoms with Gasteiger partial charge in [-0.25, -0.2) is 4.39 Å². The Kier molecular flexibility index (Phi) is 3.72. The van der Waals surface area contributed by atoms with Gasteiger partial charge >= 0.3 is 0 Å². The lowest BCUT2D eigenvalue weighted by atomic mass is 9.80. The molecule has 0 aliphatic rings. The zero-order valence-corrected chi connectivity index (χ0v) is 9.93. The molecule has 0 bridgehead atoms. The largest absolute Gasteiger partial charge is 0.497 e. The van der Waals surface area contributed by atoms with E-state index in [-0.39, 0.29) is 11.2 Å². The predicted molar refractivity (Wildman–Crippen MR) is 60.9 cm³/mol. The zero-order chi connectivity index (χ0) is 11.5. The van der Waals surface area contributed by atoms with Gasteiger partial charge in [-0.2, -0.15) is 0 Å². The first-order valence-electron chi connectivity index (χ1n) is 5.35. The molecule has 0 spiro atoms. The normalized spacial score (nSPS) is 11.5. The third kappa shape index (κ3) is 2.71. The maximum atomic E-state index is 13.8. The van der Waals surface area contributed by atoms with Gasteiger partial charge in [0, 0.05) is 6.07 Å². The molecule has 1 aromatic rings. The summed E-state index contributed by atoms with van der Waals surface area (Å²) in [5, 5.41) is 0. The Balaban J connectivity index is 3.04. The summed E-state index contributed by atoms with van der Waals surface area (Å²) >= 11 is 0. The molecule has 0 fully saturated rings. The lowest BCUT2D eigenvalue weighted by molar-refractivity contribution is 0.404. The molecule has 15 heavy (non-hydrogen) atoms. The van der Waals surface area contributed by atoms with Gasteiger partial charge in [-0.15, -0.1) is 0 Å². The third-order valence-corrected chi connectivity index (χ3v) is 2.78. The number of methoxy groups -OCH3 is 1. The van der Waals surface area contributed by atoms with Crippen molar-refractivity contribution in [2.24, 2.45) is 0 Å². The number of benzene rings is 1. The van der Waals surface area contributed by atoms with Gasteiger partial charge in [-0.05, 0) is 23.5 Å². The van der Waals surface area contributed by atoms with Crippen LogP contribution in [0.1, 0.15) is 39.2 Å². The summed E-state index contributed by atoms with van der Waals surface area (Å²) in [6.45, 7) is 6.26. The van der Waals surface area contributed by atoms with Crippen LogP contribution in [0, 0.1) is 5.82 Å². The van der Waals surface area contributed by atoms with Crippen LogP contribution < -0.4 is 4.74 Å². The number of halogens is 1. The standard InChI is InChI=1S/C13H19FO/c1-5-8-13(2,3)11-7-6-10(15-4)9-12(11)14/h6-7,9H,5,8H2,1-4H3. The molecule has 0 aliphatic heterocycles. The van der Waals surface area contributed by atoms with Gasteiger partial charge in [0.15, 0.2) is 0 Å². The van der Waals surface area contributed by atoms with E-state index < -0.39 is 0 Å². The van der Waals surface area contributed by atoms with Gasteiger partial charge in [-0.1, -0.05) is 33.3 Å². The molecule has 0 N–H and O–H groups in total. The van der Waals surface area contributed by atoms with Gasteiger partial charge < -0.3 is 4.74 Å². The van der Waals surface area contributed by atoms with E-state index in [1.807, 2.05) is 12.1 Å². The first-order chi connectivity index (χ1) is 7.01. The van der Waals surface area contributed by atoms with Gasteiger partial charge in [0.1, 0.15) is 11.6 Å². The average molecular weight is 210 g/mol. The molecule has 0 radical (unpaired) electrons. The molecule has 2 heteroatoms. The Bertz CT molecular complexity index is 331. The highest BCUT2D eigenvalue weighted by Crippen LogP contribution is 2.31. The molecule has 0 heterocycles. The van der Waals surface area contributed by atoms with Crippen molar-refractivity contribution in [1.82, 2.24) is 0 Å². The van der Waals surface area contributed by atoms with E-state index in [9.17, 15) is 4.39 Å². The quantitative estimate of drug-likeness (QED) is 0.732. The van der Waals surface area contributed by atoms with E-state index in [0.717, 1.165) is 18.4 Å². The van der Waals surface area contributed by atoms with E-state index in [0.29, 0.717) is 5.75 Å². The Labute approximate surface area is 91.3 Å². The third-order valence-electron chi connectivity index (χ3n) is 2.78. The Morgan fingerprint density at radius 2 is 2.00 bits per heavy atom. The maximum absolute atomic E-state index is 13.8. The lowest BCUT2D eigenvalue weighted by Crippen LogP contribution is -2.18. The molecule has 1 rings (SSSR count). The van der Waals surface area contributed by atoms with Crippen LogP contribution in [0.25, 0.3) is 0 Å². The zero-order valence-electron chi connectivity index (χ0n) is 9.93. The van der Waals surface area contributed by atoms with Crippen molar-refractivity contribution in [3.63, 3.8) is 0 Å². The second-order valence-corrected chi connectivity index (χ2v) is 4.48. The number of hydrogen-bond acceptors (Lipinski definition) is 1. The smallest absolute Gasteiger partial charge is 0.130 e. The lowest BCUT2D eigenvalue weighted by Gasteiger charge is -2.25. The molecular formula is C13H19FO. The molecule has 0 unspecified atom stereocenters. The summed E-state index contributed by atoms with van der Waals surface area (Å²) in [5.74, 6) is 0.399. The minimum absolute atomic E-state index is 0.106. The summed E-state index contributed by atoms with van der Waals surface area (Å²) in [5.41, 5.74) is 0.663. The van der Waals surface area contributed by atoms with Crippen molar-refractivity contribution in [2.45, 2.75) is 39.0 Å². The van der Waals surface area contributed by atoms with Crippen LogP contribution in [0.2, 0.25) is 0 Å². The minimum atomic E-state index is -0.173. The fourth-order valence-electron chi connectivity index (χ4n) is 1.93. The minimum Gasteiger partial charge on any atom is -0.497 e. The van der Waals surface area contributed by atoms with E-state index >= 15 is 0 Å². The first-order valence-corrected chi connectivity index (χ1v) is 5.35. The highest BCUT2D eigenvalue weighted by atomic mass is 19.1. The van der Waals surface area contributed by atoms with Crippen molar-refractivity contribution in [2.75, 3.05) is 7.11 Å². The molecule has 1 nitrogen and oxygen atoms in total. The van der Waals surface area contributed by atoms with E-state index in [1.165, 1.54) is 6.07 Å². The van der Waals surface area contributed by atoms with E-state index in [1.54, 1.807) is 7.11 Å². The number of hydrogen-bond donors (Lipinski definition) is 0. The molecule has 0 aliphatic carbocycles. The van der Waals surface area contributed by atoms with Crippen LogP contribution in [-0.2, 0) is 5.41 Å². The van der Waals surface area contributed by atoms with E-state index in [2.05, 4.69) is 20.8 Å². The van der Waals surface area contributed by atoms with Gasteiger partial charge in [0.2, 0.25) is 0 Å². The maximum Gasteiger partial charge on any atom is 0.130 e. The molecule has 0 atom stereocenters. The van der Waals surface area contributed by atoms with Crippen molar-refractivity contribution in [1.29, 1.82) is 0 Å². The molecule has 84 valence electrons. The number of rotatable bonds is 4. The van der Waals surface area contributed by atoms with Gasteiger partial charge in [0.05, 0.1) is 7.11 Å². The van der Waals surface area contributed by atoms with Crippen molar-refractivity contribution < 1.29 is 9.13 Å². The molecular weight excluding hydrogens is 191 g/mol. The number of ether oxygens (including phenoxy) is 1. The van der Waals surface area contributed by atoms with Crippen LogP contribution in [0.4, 0.5) is 4.39 Å².